The van der Waals surface area contributed by atoms with E-state index in [9.17, 15) is 4.39 Å². The third-order valence-electron chi connectivity index (χ3n) is 2.21. The van der Waals surface area contributed by atoms with Crippen molar-refractivity contribution in [1.82, 2.24) is 9.97 Å². The van der Waals surface area contributed by atoms with Crippen LogP contribution in [0.15, 0.2) is 30.5 Å². The molecule has 6 heteroatoms. The van der Waals surface area contributed by atoms with Gasteiger partial charge in [0.05, 0.1) is 0 Å². The molecule has 0 bridgehead atoms. The fourth-order valence-corrected chi connectivity index (χ4v) is 1.61. The first-order valence-electron chi connectivity index (χ1n) is 5.21. The molecule has 4 nitrogen and oxygen atoms in total. The molecule has 18 heavy (non-hydrogen) atoms. The van der Waals surface area contributed by atoms with Crippen LogP contribution in [-0.2, 0) is 0 Å². The predicted molar refractivity (Wildman–Crippen MR) is 72.3 cm³/mol. The van der Waals surface area contributed by atoms with E-state index in [-0.39, 0.29) is 10.8 Å². The van der Waals surface area contributed by atoms with Crippen molar-refractivity contribution in [3.05, 3.63) is 47.5 Å². The minimum atomic E-state index is -0.317. The molecule has 3 N–H and O–H groups in total. The normalized spacial score (nSPS) is 10.1. The molecular formula is C12H11FN4S. The topological polar surface area (TPSA) is 63.8 Å². The SMILES string of the molecule is Cc1cc(F)cc(Nc2nccc(C(N)=S)n2)c1. The number of halogens is 1. The van der Waals surface area contributed by atoms with Crippen LogP contribution >= 0.6 is 12.2 Å². The van der Waals surface area contributed by atoms with Crippen LogP contribution in [0.25, 0.3) is 0 Å². The van der Waals surface area contributed by atoms with Crippen molar-refractivity contribution in [2.24, 2.45) is 5.73 Å². The van der Waals surface area contributed by atoms with Crippen molar-refractivity contribution in [3.63, 3.8) is 0 Å². The molecule has 0 radical (unpaired) electrons. The number of anilines is 2. The highest BCUT2D eigenvalue weighted by atomic mass is 32.1. The van der Waals surface area contributed by atoms with Crippen molar-refractivity contribution in [1.29, 1.82) is 0 Å². The van der Waals surface area contributed by atoms with E-state index < -0.39 is 0 Å². The molecule has 2 aromatic rings. The van der Waals surface area contributed by atoms with Crippen LogP contribution in [0.3, 0.4) is 0 Å². The molecule has 0 amide bonds. The van der Waals surface area contributed by atoms with Gasteiger partial charge in [-0.25, -0.2) is 14.4 Å². The minimum absolute atomic E-state index is 0.191. The predicted octanol–water partition coefficient (Wildman–Crippen LogP) is 2.30. The van der Waals surface area contributed by atoms with E-state index in [1.807, 2.05) is 0 Å². The molecule has 0 fully saturated rings. The van der Waals surface area contributed by atoms with E-state index in [0.717, 1.165) is 5.56 Å². The molecule has 1 heterocycles. The molecular weight excluding hydrogens is 251 g/mol. The summed E-state index contributed by atoms with van der Waals surface area (Å²) in [7, 11) is 0. The summed E-state index contributed by atoms with van der Waals surface area (Å²) < 4.78 is 13.2. The van der Waals surface area contributed by atoms with Gasteiger partial charge in [0.15, 0.2) is 0 Å². The monoisotopic (exact) mass is 262 g/mol. The van der Waals surface area contributed by atoms with Crippen LogP contribution in [0, 0.1) is 12.7 Å². The molecule has 1 aromatic carbocycles. The Morgan fingerprint density at radius 3 is 2.83 bits per heavy atom. The van der Waals surface area contributed by atoms with Crippen LogP contribution in [0.4, 0.5) is 16.0 Å². The summed E-state index contributed by atoms with van der Waals surface area (Å²) in [4.78, 5) is 8.32. The summed E-state index contributed by atoms with van der Waals surface area (Å²) in [5.41, 5.74) is 7.33. The van der Waals surface area contributed by atoms with Crippen LogP contribution in [0.2, 0.25) is 0 Å². The van der Waals surface area contributed by atoms with Crippen molar-refractivity contribution in [2.75, 3.05) is 5.32 Å². The Hall–Kier alpha value is -2.08. The van der Waals surface area contributed by atoms with Gasteiger partial charge in [0.25, 0.3) is 0 Å². The largest absolute Gasteiger partial charge is 0.388 e. The van der Waals surface area contributed by atoms with Gasteiger partial charge in [-0.05, 0) is 36.8 Å². The average Bonchev–Trinajstić information content (AvgIpc) is 2.27. The average molecular weight is 262 g/mol. The van der Waals surface area contributed by atoms with Crippen molar-refractivity contribution < 1.29 is 4.39 Å². The Balaban J connectivity index is 2.28. The van der Waals surface area contributed by atoms with Crippen LogP contribution < -0.4 is 11.1 Å². The number of aromatic nitrogens is 2. The summed E-state index contributed by atoms with van der Waals surface area (Å²) >= 11 is 4.83. The Bertz CT molecular complexity index is 580. The number of rotatable bonds is 3. The van der Waals surface area contributed by atoms with Crippen molar-refractivity contribution in [2.45, 2.75) is 6.92 Å². The van der Waals surface area contributed by atoms with Gasteiger partial charge >= 0.3 is 0 Å². The molecule has 0 aliphatic heterocycles. The Kier molecular flexibility index (Phi) is 3.47. The second-order valence-electron chi connectivity index (χ2n) is 3.77. The van der Waals surface area contributed by atoms with E-state index in [1.54, 1.807) is 19.1 Å². The first kappa shape index (κ1) is 12.4. The number of nitrogens with one attached hydrogen (secondary N) is 1. The van der Waals surface area contributed by atoms with Crippen molar-refractivity contribution in [3.8, 4) is 0 Å². The number of benzene rings is 1. The lowest BCUT2D eigenvalue weighted by Crippen LogP contribution is -2.12. The fourth-order valence-electron chi connectivity index (χ4n) is 1.49. The maximum absolute atomic E-state index is 13.2. The fraction of sp³-hybridized carbons (Fsp3) is 0.0833. The van der Waals surface area contributed by atoms with Crippen molar-refractivity contribution >= 4 is 28.8 Å². The molecule has 0 spiro atoms. The Labute approximate surface area is 109 Å². The number of aryl methyl sites for hydroxylation is 1. The maximum Gasteiger partial charge on any atom is 0.227 e. The molecule has 0 aliphatic rings. The standard InChI is InChI=1S/C12H11FN4S/c1-7-4-8(13)6-9(5-7)16-12-15-3-2-10(17-12)11(14)18/h2-6H,1H3,(H2,14,18)(H,15,16,17). The second-order valence-corrected chi connectivity index (χ2v) is 4.21. The molecule has 1 aromatic heterocycles. The lowest BCUT2D eigenvalue weighted by molar-refractivity contribution is 0.627. The zero-order chi connectivity index (χ0) is 13.1. The minimum Gasteiger partial charge on any atom is -0.388 e. The van der Waals surface area contributed by atoms with Gasteiger partial charge in [-0.3, -0.25) is 0 Å². The first-order valence-corrected chi connectivity index (χ1v) is 5.62. The summed E-state index contributed by atoms with van der Waals surface area (Å²) in [6.07, 6.45) is 1.54. The van der Waals surface area contributed by atoms with Gasteiger partial charge in [0.2, 0.25) is 5.95 Å². The maximum atomic E-state index is 13.2. The lowest BCUT2D eigenvalue weighted by atomic mass is 10.2. The molecule has 0 saturated carbocycles. The molecule has 2 rings (SSSR count). The van der Waals surface area contributed by atoms with Gasteiger partial charge < -0.3 is 11.1 Å². The van der Waals surface area contributed by atoms with E-state index in [0.29, 0.717) is 17.3 Å². The third-order valence-corrected chi connectivity index (χ3v) is 2.42. The Morgan fingerprint density at radius 2 is 2.17 bits per heavy atom. The van der Waals surface area contributed by atoms with Gasteiger partial charge in [0, 0.05) is 11.9 Å². The number of thiocarbonyl (C=S) groups is 1. The first-order chi connectivity index (χ1) is 8.54. The van der Waals surface area contributed by atoms with E-state index in [2.05, 4.69) is 15.3 Å². The highest BCUT2D eigenvalue weighted by molar-refractivity contribution is 7.80. The highest BCUT2D eigenvalue weighted by Gasteiger charge is 2.03. The van der Waals surface area contributed by atoms with Crippen LogP contribution in [0.5, 0.6) is 0 Å². The van der Waals surface area contributed by atoms with Gasteiger partial charge in [0.1, 0.15) is 16.5 Å². The number of hydrogen-bond donors (Lipinski definition) is 2. The highest BCUT2D eigenvalue weighted by Crippen LogP contribution is 2.16. The van der Waals surface area contributed by atoms with Crippen LogP contribution in [0.1, 0.15) is 11.3 Å². The lowest BCUT2D eigenvalue weighted by Gasteiger charge is -2.07. The third kappa shape index (κ3) is 2.98. The smallest absolute Gasteiger partial charge is 0.227 e. The number of nitrogens with zero attached hydrogens (tertiary/aromatic N) is 2. The molecule has 0 atom stereocenters. The van der Waals surface area contributed by atoms with Gasteiger partial charge in [-0.2, -0.15) is 0 Å². The molecule has 0 saturated heterocycles. The van der Waals surface area contributed by atoms with E-state index in [4.69, 9.17) is 18.0 Å². The van der Waals surface area contributed by atoms with Gasteiger partial charge in [-0.15, -0.1) is 0 Å². The number of hydrogen-bond acceptors (Lipinski definition) is 4. The summed E-state index contributed by atoms with van der Waals surface area (Å²) in [5, 5.41) is 2.90. The van der Waals surface area contributed by atoms with E-state index >= 15 is 0 Å². The zero-order valence-corrected chi connectivity index (χ0v) is 10.5. The number of nitrogens with two attached hydrogens (primary N) is 1. The summed E-state index contributed by atoms with van der Waals surface area (Å²) in [6.45, 7) is 1.81. The second kappa shape index (κ2) is 5.05. The molecule has 92 valence electrons. The quantitative estimate of drug-likeness (QED) is 0.831. The molecule has 0 unspecified atom stereocenters. The van der Waals surface area contributed by atoms with Gasteiger partial charge in [-0.1, -0.05) is 12.2 Å². The summed E-state index contributed by atoms with van der Waals surface area (Å²) in [5.74, 6) is 0.00769. The van der Waals surface area contributed by atoms with E-state index in [1.165, 1.54) is 18.3 Å². The molecule has 0 aliphatic carbocycles. The van der Waals surface area contributed by atoms with Crippen LogP contribution in [-0.4, -0.2) is 15.0 Å². The zero-order valence-electron chi connectivity index (χ0n) is 9.64. The Morgan fingerprint density at radius 1 is 1.39 bits per heavy atom. The summed E-state index contributed by atoms with van der Waals surface area (Å²) in [6, 6.07) is 6.21.